The van der Waals surface area contributed by atoms with Crippen LogP contribution in [0.1, 0.15) is 10.5 Å². The number of carbonyl (C=O) groups excluding carboxylic acids is 1. The highest BCUT2D eigenvalue weighted by Gasteiger charge is 2.13. The maximum atomic E-state index is 12.6. The molecule has 8 heteroatoms. The largest absolute Gasteiger partial charge is 0.497 e. The van der Waals surface area contributed by atoms with E-state index < -0.39 is 11.6 Å². The standard InChI is InChI=1S/C20H19N3O5/c1-26-14-7-4-12(5-8-14)15-11-16(23-20(25)22-15)19(24)21-13-6-9-17(27-2)18(10-13)28-3/h4-11H,1-3H3,(H,21,24)(H,22,23,25). The van der Waals surface area contributed by atoms with Gasteiger partial charge in [-0.25, -0.2) is 4.79 Å². The van der Waals surface area contributed by atoms with Crippen molar-refractivity contribution in [1.82, 2.24) is 9.97 Å². The minimum absolute atomic E-state index is 0.0839. The van der Waals surface area contributed by atoms with E-state index in [4.69, 9.17) is 14.2 Å². The monoisotopic (exact) mass is 381 g/mol. The SMILES string of the molecule is COc1ccc(-c2cc(C(=O)Nc3ccc(OC)c(OC)c3)[nH]c(=O)n2)cc1. The third kappa shape index (κ3) is 4.12. The lowest BCUT2D eigenvalue weighted by Gasteiger charge is -2.11. The topological polar surface area (TPSA) is 103 Å². The summed E-state index contributed by atoms with van der Waals surface area (Å²) < 4.78 is 15.5. The average Bonchev–Trinajstić information content (AvgIpc) is 2.73. The van der Waals surface area contributed by atoms with E-state index in [1.165, 1.54) is 20.3 Å². The molecule has 0 saturated carbocycles. The first-order valence-corrected chi connectivity index (χ1v) is 8.33. The predicted molar refractivity (Wildman–Crippen MR) is 104 cm³/mol. The number of amides is 1. The maximum Gasteiger partial charge on any atom is 0.346 e. The molecule has 28 heavy (non-hydrogen) atoms. The third-order valence-corrected chi connectivity index (χ3v) is 4.02. The van der Waals surface area contributed by atoms with Crippen LogP contribution in [0.5, 0.6) is 17.2 Å². The smallest absolute Gasteiger partial charge is 0.346 e. The number of aromatic amines is 1. The molecule has 144 valence electrons. The number of rotatable bonds is 6. The molecule has 0 unspecified atom stereocenters. The van der Waals surface area contributed by atoms with Crippen LogP contribution >= 0.6 is 0 Å². The van der Waals surface area contributed by atoms with Gasteiger partial charge in [0.15, 0.2) is 11.5 Å². The summed E-state index contributed by atoms with van der Waals surface area (Å²) in [5.41, 5.74) is 1.02. The van der Waals surface area contributed by atoms with Gasteiger partial charge in [0, 0.05) is 17.3 Å². The Morgan fingerprint density at radius 1 is 0.929 bits per heavy atom. The summed E-state index contributed by atoms with van der Waals surface area (Å²) in [6.07, 6.45) is 0. The van der Waals surface area contributed by atoms with E-state index in [0.717, 1.165) is 0 Å². The van der Waals surface area contributed by atoms with Crippen molar-refractivity contribution in [1.29, 1.82) is 0 Å². The molecule has 1 heterocycles. The molecule has 0 atom stereocenters. The van der Waals surface area contributed by atoms with Gasteiger partial charge in [-0.2, -0.15) is 4.98 Å². The molecule has 0 saturated heterocycles. The summed E-state index contributed by atoms with van der Waals surface area (Å²) >= 11 is 0. The van der Waals surface area contributed by atoms with Gasteiger partial charge in [-0.05, 0) is 42.5 Å². The van der Waals surface area contributed by atoms with Gasteiger partial charge in [-0.1, -0.05) is 0 Å². The number of nitrogens with one attached hydrogen (secondary N) is 2. The van der Waals surface area contributed by atoms with E-state index in [-0.39, 0.29) is 5.69 Å². The van der Waals surface area contributed by atoms with Gasteiger partial charge in [0.05, 0.1) is 27.0 Å². The Bertz CT molecular complexity index is 1040. The maximum absolute atomic E-state index is 12.6. The van der Waals surface area contributed by atoms with Gasteiger partial charge >= 0.3 is 5.69 Å². The zero-order valence-corrected chi connectivity index (χ0v) is 15.6. The Balaban J connectivity index is 1.87. The van der Waals surface area contributed by atoms with Crippen LogP contribution in [0.4, 0.5) is 5.69 Å². The van der Waals surface area contributed by atoms with Crippen LogP contribution in [0.15, 0.2) is 53.3 Å². The number of carbonyl (C=O) groups is 1. The molecular formula is C20H19N3O5. The van der Waals surface area contributed by atoms with Crippen LogP contribution in [0, 0.1) is 0 Å². The van der Waals surface area contributed by atoms with E-state index in [1.54, 1.807) is 49.6 Å². The van der Waals surface area contributed by atoms with E-state index in [2.05, 4.69) is 15.3 Å². The van der Waals surface area contributed by atoms with Crippen molar-refractivity contribution in [3.63, 3.8) is 0 Å². The molecule has 0 radical (unpaired) electrons. The number of methoxy groups -OCH3 is 3. The fourth-order valence-corrected chi connectivity index (χ4v) is 2.60. The molecule has 0 spiro atoms. The van der Waals surface area contributed by atoms with Crippen molar-refractivity contribution >= 4 is 11.6 Å². The minimum Gasteiger partial charge on any atom is -0.497 e. The van der Waals surface area contributed by atoms with E-state index in [9.17, 15) is 9.59 Å². The summed E-state index contributed by atoms with van der Waals surface area (Å²) in [7, 11) is 4.60. The van der Waals surface area contributed by atoms with Crippen molar-refractivity contribution < 1.29 is 19.0 Å². The normalized spacial score (nSPS) is 10.2. The fourth-order valence-electron chi connectivity index (χ4n) is 2.60. The fraction of sp³-hybridized carbons (Fsp3) is 0.150. The molecule has 2 aromatic carbocycles. The number of hydrogen-bond acceptors (Lipinski definition) is 6. The molecule has 0 aliphatic carbocycles. The average molecular weight is 381 g/mol. The van der Waals surface area contributed by atoms with E-state index >= 15 is 0 Å². The summed E-state index contributed by atoms with van der Waals surface area (Å²) in [5.74, 6) is 1.21. The first-order valence-electron chi connectivity index (χ1n) is 8.33. The Hall–Kier alpha value is -3.81. The van der Waals surface area contributed by atoms with Crippen LogP contribution in [0.3, 0.4) is 0 Å². The molecule has 2 N–H and O–H groups in total. The highest BCUT2D eigenvalue weighted by atomic mass is 16.5. The van der Waals surface area contributed by atoms with Crippen LogP contribution in [0.2, 0.25) is 0 Å². The molecule has 1 aromatic heterocycles. The second kappa shape index (κ2) is 8.26. The van der Waals surface area contributed by atoms with E-state index in [0.29, 0.717) is 34.2 Å². The molecular weight excluding hydrogens is 362 g/mol. The second-order valence-corrected chi connectivity index (χ2v) is 5.74. The van der Waals surface area contributed by atoms with Crippen molar-refractivity contribution in [3.05, 3.63) is 64.7 Å². The molecule has 8 nitrogen and oxygen atoms in total. The Morgan fingerprint density at radius 2 is 1.64 bits per heavy atom. The predicted octanol–water partition coefficient (Wildman–Crippen LogP) is 2.72. The molecule has 0 aliphatic heterocycles. The number of anilines is 1. The van der Waals surface area contributed by atoms with Gasteiger partial charge in [0.1, 0.15) is 11.4 Å². The first kappa shape index (κ1) is 19.0. The molecule has 3 aromatic rings. The van der Waals surface area contributed by atoms with Crippen LogP contribution in [0.25, 0.3) is 11.3 Å². The van der Waals surface area contributed by atoms with Crippen molar-refractivity contribution in [2.24, 2.45) is 0 Å². The molecule has 3 rings (SSSR count). The molecule has 1 amide bonds. The Morgan fingerprint density at radius 3 is 2.29 bits per heavy atom. The van der Waals surface area contributed by atoms with Crippen LogP contribution < -0.4 is 25.2 Å². The highest BCUT2D eigenvalue weighted by Crippen LogP contribution is 2.30. The Kier molecular flexibility index (Phi) is 5.59. The lowest BCUT2D eigenvalue weighted by molar-refractivity contribution is 0.102. The number of aromatic nitrogens is 2. The van der Waals surface area contributed by atoms with Crippen LogP contribution in [-0.4, -0.2) is 37.2 Å². The number of nitrogens with zero attached hydrogens (tertiary/aromatic N) is 1. The summed E-state index contributed by atoms with van der Waals surface area (Å²) in [4.78, 5) is 30.9. The van der Waals surface area contributed by atoms with Crippen LogP contribution in [-0.2, 0) is 0 Å². The summed E-state index contributed by atoms with van der Waals surface area (Å²) in [6.45, 7) is 0. The lowest BCUT2D eigenvalue weighted by Crippen LogP contribution is -2.21. The van der Waals surface area contributed by atoms with Crippen molar-refractivity contribution in [2.75, 3.05) is 26.6 Å². The first-order chi connectivity index (χ1) is 13.5. The number of benzene rings is 2. The number of hydrogen-bond donors (Lipinski definition) is 2. The zero-order valence-electron chi connectivity index (χ0n) is 15.6. The number of ether oxygens (including phenoxy) is 3. The third-order valence-electron chi connectivity index (χ3n) is 4.02. The second-order valence-electron chi connectivity index (χ2n) is 5.74. The van der Waals surface area contributed by atoms with Gasteiger partial charge in [0.25, 0.3) is 5.91 Å². The number of H-pyrrole nitrogens is 1. The van der Waals surface area contributed by atoms with Gasteiger partial charge in [-0.15, -0.1) is 0 Å². The molecule has 0 bridgehead atoms. The van der Waals surface area contributed by atoms with Gasteiger partial charge in [0.2, 0.25) is 0 Å². The quantitative estimate of drug-likeness (QED) is 0.681. The molecule has 0 fully saturated rings. The van der Waals surface area contributed by atoms with Gasteiger partial charge in [-0.3, -0.25) is 4.79 Å². The highest BCUT2D eigenvalue weighted by molar-refractivity contribution is 6.03. The Labute approximate surface area is 161 Å². The van der Waals surface area contributed by atoms with Crippen molar-refractivity contribution in [3.8, 4) is 28.5 Å². The zero-order chi connectivity index (χ0) is 20.1. The summed E-state index contributed by atoms with van der Waals surface area (Å²) in [5, 5.41) is 2.72. The minimum atomic E-state index is -0.620. The van der Waals surface area contributed by atoms with E-state index in [1.807, 2.05) is 0 Å². The summed E-state index contributed by atoms with van der Waals surface area (Å²) in [6, 6.07) is 13.5. The molecule has 0 aliphatic rings. The lowest BCUT2D eigenvalue weighted by atomic mass is 10.1. The van der Waals surface area contributed by atoms with Gasteiger partial charge < -0.3 is 24.5 Å². The van der Waals surface area contributed by atoms with Crippen molar-refractivity contribution in [2.45, 2.75) is 0 Å².